The van der Waals surface area contributed by atoms with Crippen LogP contribution in [0.4, 0.5) is 0 Å². The third-order valence-electron chi connectivity index (χ3n) is 3.14. The van der Waals surface area contributed by atoms with Crippen molar-refractivity contribution in [1.29, 1.82) is 0 Å². The number of hydrogen-bond donors (Lipinski definition) is 1. The van der Waals surface area contributed by atoms with Crippen LogP contribution < -0.4 is 5.32 Å². The standard InChI is InChI=1S/C16H20N2/c1-4-17-16(14-9-7-12(2)8-10-14)15-13(3)6-5-11-18-15/h5-11,16-17H,4H2,1-3H3. The Kier molecular flexibility index (Phi) is 4.11. The molecule has 0 radical (unpaired) electrons. The number of rotatable bonds is 4. The van der Waals surface area contributed by atoms with E-state index in [0.29, 0.717) is 0 Å². The van der Waals surface area contributed by atoms with Gasteiger partial charge in [-0.3, -0.25) is 4.98 Å². The van der Waals surface area contributed by atoms with Gasteiger partial charge in [0, 0.05) is 6.20 Å². The van der Waals surface area contributed by atoms with Gasteiger partial charge in [-0.15, -0.1) is 0 Å². The smallest absolute Gasteiger partial charge is 0.0754 e. The molecule has 0 bridgehead atoms. The molecule has 0 fully saturated rings. The van der Waals surface area contributed by atoms with E-state index in [9.17, 15) is 0 Å². The monoisotopic (exact) mass is 240 g/mol. The van der Waals surface area contributed by atoms with Crippen molar-refractivity contribution >= 4 is 0 Å². The van der Waals surface area contributed by atoms with Crippen molar-refractivity contribution in [1.82, 2.24) is 10.3 Å². The number of pyridine rings is 1. The summed E-state index contributed by atoms with van der Waals surface area (Å²) in [7, 11) is 0. The van der Waals surface area contributed by atoms with Gasteiger partial charge in [0.1, 0.15) is 0 Å². The van der Waals surface area contributed by atoms with E-state index >= 15 is 0 Å². The van der Waals surface area contributed by atoms with Gasteiger partial charge in [-0.1, -0.05) is 42.8 Å². The summed E-state index contributed by atoms with van der Waals surface area (Å²) >= 11 is 0. The molecule has 1 atom stereocenters. The van der Waals surface area contributed by atoms with Crippen LogP contribution in [0.15, 0.2) is 42.6 Å². The van der Waals surface area contributed by atoms with Gasteiger partial charge in [0.15, 0.2) is 0 Å². The maximum Gasteiger partial charge on any atom is 0.0754 e. The van der Waals surface area contributed by atoms with Crippen molar-refractivity contribution in [3.63, 3.8) is 0 Å². The Morgan fingerprint density at radius 1 is 1.11 bits per heavy atom. The molecule has 0 saturated heterocycles. The molecule has 0 aliphatic carbocycles. The number of aromatic nitrogens is 1. The van der Waals surface area contributed by atoms with Crippen LogP contribution in [0.3, 0.4) is 0 Å². The lowest BCUT2D eigenvalue weighted by Crippen LogP contribution is -2.23. The van der Waals surface area contributed by atoms with Crippen molar-refractivity contribution in [3.05, 3.63) is 65.0 Å². The number of nitrogens with zero attached hydrogens (tertiary/aromatic N) is 1. The number of aryl methyl sites for hydroxylation is 2. The van der Waals surface area contributed by atoms with Gasteiger partial charge in [0.05, 0.1) is 11.7 Å². The van der Waals surface area contributed by atoms with Gasteiger partial charge in [-0.05, 0) is 37.6 Å². The minimum atomic E-state index is 0.178. The zero-order valence-electron chi connectivity index (χ0n) is 11.3. The van der Waals surface area contributed by atoms with Crippen molar-refractivity contribution in [2.24, 2.45) is 0 Å². The molecule has 0 aliphatic rings. The lowest BCUT2D eigenvalue weighted by Gasteiger charge is -2.19. The molecule has 2 rings (SSSR count). The summed E-state index contributed by atoms with van der Waals surface area (Å²) in [6.45, 7) is 7.27. The highest BCUT2D eigenvalue weighted by molar-refractivity contribution is 5.33. The first kappa shape index (κ1) is 12.8. The lowest BCUT2D eigenvalue weighted by atomic mass is 9.99. The van der Waals surface area contributed by atoms with Crippen LogP contribution in [-0.2, 0) is 0 Å². The average Bonchev–Trinajstić information content (AvgIpc) is 2.38. The summed E-state index contributed by atoms with van der Waals surface area (Å²) in [4.78, 5) is 4.53. The lowest BCUT2D eigenvalue weighted by molar-refractivity contribution is 0.612. The highest BCUT2D eigenvalue weighted by atomic mass is 14.9. The molecule has 0 amide bonds. The molecule has 1 aromatic heterocycles. The van der Waals surface area contributed by atoms with E-state index in [2.05, 4.69) is 61.4 Å². The van der Waals surface area contributed by atoms with Crippen molar-refractivity contribution < 1.29 is 0 Å². The van der Waals surface area contributed by atoms with Crippen LogP contribution in [0, 0.1) is 13.8 Å². The normalized spacial score (nSPS) is 12.4. The minimum absolute atomic E-state index is 0.178. The summed E-state index contributed by atoms with van der Waals surface area (Å²) in [6.07, 6.45) is 1.86. The van der Waals surface area contributed by atoms with Crippen LogP contribution >= 0.6 is 0 Å². The predicted octanol–water partition coefficient (Wildman–Crippen LogP) is 3.40. The van der Waals surface area contributed by atoms with Crippen LogP contribution in [0.1, 0.15) is 35.3 Å². The summed E-state index contributed by atoms with van der Waals surface area (Å²) in [5, 5.41) is 3.51. The third kappa shape index (κ3) is 2.77. The molecule has 1 N–H and O–H groups in total. The molecule has 2 nitrogen and oxygen atoms in total. The fraction of sp³-hybridized carbons (Fsp3) is 0.312. The van der Waals surface area contributed by atoms with Gasteiger partial charge in [0.2, 0.25) is 0 Å². The molecule has 1 unspecified atom stereocenters. The Labute approximate surface area is 109 Å². The molecule has 94 valence electrons. The summed E-state index contributed by atoms with van der Waals surface area (Å²) < 4.78 is 0. The first-order valence-corrected chi connectivity index (χ1v) is 6.44. The molecular formula is C16H20N2. The second-order valence-corrected chi connectivity index (χ2v) is 4.61. The van der Waals surface area contributed by atoms with E-state index in [1.165, 1.54) is 16.7 Å². The van der Waals surface area contributed by atoms with Gasteiger partial charge < -0.3 is 5.32 Å². The second-order valence-electron chi connectivity index (χ2n) is 4.61. The van der Waals surface area contributed by atoms with Crippen LogP contribution in [0.5, 0.6) is 0 Å². The largest absolute Gasteiger partial charge is 0.305 e. The number of hydrogen-bond acceptors (Lipinski definition) is 2. The first-order chi connectivity index (χ1) is 8.72. The maximum atomic E-state index is 4.53. The molecule has 2 heteroatoms. The Bertz CT molecular complexity index is 503. The quantitative estimate of drug-likeness (QED) is 0.886. The Morgan fingerprint density at radius 3 is 2.44 bits per heavy atom. The van der Waals surface area contributed by atoms with Crippen molar-refractivity contribution in [3.8, 4) is 0 Å². The fourth-order valence-electron chi connectivity index (χ4n) is 2.14. The van der Waals surface area contributed by atoms with Crippen LogP contribution in [0.2, 0.25) is 0 Å². The van der Waals surface area contributed by atoms with E-state index in [1.54, 1.807) is 0 Å². The van der Waals surface area contributed by atoms with Crippen molar-refractivity contribution in [2.45, 2.75) is 26.8 Å². The number of nitrogens with one attached hydrogen (secondary N) is 1. The minimum Gasteiger partial charge on any atom is -0.305 e. The topological polar surface area (TPSA) is 24.9 Å². The molecule has 1 aromatic carbocycles. The Morgan fingerprint density at radius 2 is 1.83 bits per heavy atom. The fourth-order valence-corrected chi connectivity index (χ4v) is 2.14. The van der Waals surface area contributed by atoms with Gasteiger partial charge in [-0.25, -0.2) is 0 Å². The molecule has 1 heterocycles. The van der Waals surface area contributed by atoms with Crippen LogP contribution in [-0.4, -0.2) is 11.5 Å². The summed E-state index contributed by atoms with van der Waals surface area (Å²) in [5.74, 6) is 0. The maximum absolute atomic E-state index is 4.53. The summed E-state index contributed by atoms with van der Waals surface area (Å²) in [6, 6.07) is 12.9. The average molecular weight is 240 g/mol. The highest BCUT2D eigenvalue weighted by Crippen LogP contribution is 2.23. The molecule has 0 aliphatic heterocycles. The number of benzene rings is 1. The van der Waals surface area contributed by atoms with E-state index in [4.69, 9.17) is 0 Å². The van der Waals surface area contributed by atoms with Gasteiger partial charge in [0.25, 0.3) is 0 Å². The van der Waals surface area contributed by atoms with Crippen molar-refractivity contribution in [2.75, 3.05) is 6.54 Å². The Balaban J connectivity index is 2.40. The third-order valence-corrected chi connectivity index (χ3v) is 3.14. The van der Waals surface area contributed by atoms with E-state index in [0.717, 1.165) is 12.2 Å². The molecule has 2 aromatic rings. The zero-order chi connectivity index (χ0) is 13.0. The van der Waals surface area contributed by atoms with Gasteiger partial charge >= 0.3 is 0 Å². The summed E-state index contributed by atoms with van der Waals surface area (Å²) in [5.41, 5.74) is 4.89. The van der Waals surface area contributed by atoms with Gasteiger partial charge in [-0.2, -0.15) is 0 Å². The predicted molar refractivity (Wildman–Crippen MR) is 75.7 cm³/mol. The SMILES string of the molecule is CCNC(c1ccc(C)cc1)c1ncccc1C. The second kappa shape index (κ2) is 5.78. The van der Waals surface area contributed by atoms with E-state index < -0.39 is 0 Å². The van der Waals surface area contributed by atoms with E-state index in [1.807, 2.05) is 12.3 Å². The van der Waals surface area contributed by atoms with Crippen LogP contribution in [0.25, 0.3) is 0 Å². The first-order valence-electron chi connectivity index (χ1n) is 6.44. The highest BCUT2D eigenvalue weighted by Gasteiger charge is 2.15. The molecule has 0 saturated carbocycles. The van der Waals surface area contributed by atoms with E-state index in [-0.39, 0.29) is 6.04 Å². The molecular weight excluding hydrogens is 220 g/mol. The Hall–Kier alpha value is -1.67. The molecule has 18 heavy (non-hydrogen) atoms. The molecule has 0 spiro atoms. The zero-order valence-corrected chi connectivity index (χ0v) is 11.3.